The molecule has 1 saturated carbocycles. The van der Waals surface area contributed by atoms with Gasteiger partial charge in [-0.1, -0.05) is 83.0 Å². The predicted molar refractivity (Wildman–Crippen MR) is 161 cm³/mol. The van der Waals surface area contributed by atoms with Gasteiger partial charge in [0.05, 0.1) is 18.1 Å². The first-order valence-electron chi connectivity index (χ1n) is 14.4. The summed E-state index contributed by atoms with van der Waals surface area (Å²) < 4.78 is 5.76. The number of benzene rings is 3. The molecule has 0 bridgehead atoms. The molecule has 1 aliphatic heterocycles. The minimum Gasteiger partial charge on any atom is -0.446 e. The van der Waals surface area contributed by atoms with Gasteiger partial charge in [0.1, 0.15) is 6.10 Å². The first-order chi connectivity index (χ1) is 21.1. The second-order valence-electron chi connectivity index (χ2n) is 10.6. The lowest BCUT2D eigenvalue weighted by molar-refractivity contribution is 0.0317. The van der Waals surface area contributed by atoms with E-state index in [4.69, 9.17) is 15.8 Å². The normalized spacial score (nSPS) is 19.8. The van der Waals surface area contributed by atoms with Crippen LogP contribution in [0.3, 0.4) is 0 Å². The monoisotopic (exact) mass is 579 g/mol. The third-order valence-electron chi connectivity index (χ3n) is 8.03. The zero-order valence-corrected chi connectivity index (χ0v) is 23.6. The van der Waals surface area contributed by atoms with Crippen LogP contribution in [0.2, 0.25) is 0 Å². The molecule has 5 rings (SSSR count). The van der Waals surface area contributed by atoms with Crippen LogP contribution in [-0.4, -0.2) is 60.1 Å². The number of nitrogens with one attached hydrogen (secondary N) is 1. The van der Waals surface area contributed by atoms with Crippen LogP contribution in [0.15, 0.2) is 95.2 Å². The van der Waals surface area contributed by atoms with Gasteiger partial charge in [0.2, 0.25) is 0 Å². The zero-order chi connectivity index (χ0) is 30.0. The molecule has 1 saturated heterocycles. The quantitative estimate of drug-likeness (QED) is 0.167. The van der Waals surface area contributed by atoms with Crippen molar-refractivity contribution in [2.75, 3.05) is 26.2 Å². The maximum absolute atomic E-state index is 13.6. The van der Waals surface area contributed by atoms with Crippen LogP contribution >= 0.6 is 0 Å². The second-order valence-corrected chi connectivity index (χ2v) is 10.6. The number of amides is 2. The largest absolute Gasteiger partial charge is 0.446 e. The first kappa shape index (κ1) is 29.5. The molecule has 2 aliphatic rings. The molecule has 0 radical (unpaired) electrons. The summed E-state index contributed by atoms with van der Waals surface area (Å²) >= 11 is 0. The molecule has 12 nitrogen and oxygen atoms in total. The maximum atomic E-state index is 13.6. The van der Waals surface area contributed by atoms with E-state index in [1.807, 2.05) is 48.5 Å². The van der Waals surface area contributed by atoms with Crippen molar-refractivity contribution in [2.24, 2.45) is 10.2 Å². The van der Waals surface area contributed by atoms with Gasteiger partial charge in [-0.3, -0.25) is 9.69 Å². The average molecular weight is 580 g/mol. The Labute approximate surface area is 249 Å². The fraction of sp³-hybridized carbons (Fsp3) is 0.355. The highest BCUT2D eigenvalue weighted by Crippen LogP contribution is 2.36. The highest BCUT2D eigenvalue weighted by atomic mass is 16.6. The summed E-state index contributed by atoms with van der Waals surface area (Å²) in [6.07, 6.45) is 1.49. The van der Waals surface area contributed by atoms with Crippen LogP contribution in [0, 0.1) is 0 Å². The van der Waals surface area contributed by atoms with E-state index in [0.29, 0.717) is 43.9 Å². The molecule has 1 aliphatic carbocycles. The number of piperazine rings is 1. The van der Waals surface area contributed by atoms with Crippen LogP contribution in [-0.2, 0) is 4.74 Å². The topological polar surface area (TPSA) is 159 Å². The number of hydrogen-bond donors (Lipinski definition) is 1. The lowest BCUT2D eigenvalue weighted by Gasteiger charge is -2.42. The van der Waals surface area contributed by atoms with Crippen LogP contribution in [0.5, 0.6) is 0 Å². The third kappa shape index (κ3) is 7.25. The van der Waals surface area contributed by atoms with Gasteiger partial charge in [0, 0.05) is 47.3 Å². The molecule has 0 spiro atoms. The second kappa shape index (κ2) is 14.2. The molecule has 4 atom stereocenters. The summed E-state index contributed by atoms with van der Waals surface area (Å²) in [5.74, 6) is -0.254. The molecule has 220 valence electrons. The predicted octanol–water partition coefficient (Wildman–Crippen LogP) is 6.83. The van der Waals surface area contributed by atoms with Gasteiger partial charge in [-0.15, -0.1) is 0 Å². The van der Waals surface area contributed by atoms with E-state index in [2.05, 4.69) is 42.4 Å². The van der Waals surface area contributed by atoms with Gasteiger partial charge in [-0.05, 0) is 53.6 Å². The Balaban J connectivity index is 1.36. The van der Waals surface area contributed by atoms with Crippen molar-refractivity contribution in [3.05, 3.63) is 123 Å². The van der Waals surface area contributed by atoms with E-state index in [9.17, 15) is 9.59 Å². The fourth-order valence-electron chi connectivity index (χ4n) is 5.85. The van der Waals surface area contributed by atoms with Gasteiger partial charge < -0.3 is 15.0 Å². The molecule has 2 unspecified atom stereocenters. The minimum atomic E-state index is -0.408. The Morgan fingerprint density at radius 3 is 2.12 bits per heavy atom. The van der Waals surface area contributed by atoms with E-state index in [1.54, 1.807) is 29.2 Å². The summed E-state index contributed by atoms with van der Waals surface area (Å²) in [4.78, 5) is 36.3. The highest BCUT2D eigenvalue weighted by Gasteiger charge is 2.36. The van der Waals surface area contributed by atoms with Crippen molar-refractivity contribution in [1.82, 2.24) is 15.1 Å². The van der Waals surface area contributed by atoms with Crippen LogP contribution in [0.1, 0.15) is 52.8 Å². The number of azide groups is 2. The molecule has 12 heteroatoms. The lowest BCUT2D eigenvalue weighted by Crippen LogP contribution is -2.52. The van der Waals surface area contributed by atoms with Crippen molar-refractivity contribution in [3.63, 3.8) is 0 Å². The van der Waals surface area contributed by atoms with E-state index in [0.717, 1.165) is 24.0 Å². The van der Waals surface area contributed by atoms with E-state index < -0.39 is 18.2 Å². The van der Waals surface area contributed by atoms with Crippen molar-refractivity contribution in [1.29, 1.82) is 0 Å². The SMILES string of the molecule is [N-]=[N+]=Nc1ccc(C(=O)N[C@H](c2ccccc2)[C@H](c2ccccc2)N2CCN(C(=O)OC3CCCC3N=[N+]=[N-])CC2)cc1. The lowest BCUT2D eigenvalue weighted by atomic mass is 9.91. The number of hydrogen-bond acceptors (Lipinski definition) is 6. The molecule has 43 heavy (non-hydrogen) atoms. The minimum absolute atomic E-state index is 0.225. The smallest absolute Gasteiger partial charge is 0.410 e. The number of carbonyl (C=O) groups excluding carboxylic acids is 2. The van der Waals surface area contributed by atoms with Crippen LogP contribution < -0.4 is 5.32 Å². The fourth-order valence-corrected chi connectivity index (χ4v) is 5.85. The Morgan fingerprint density at radius 1 is 0.837 bits per heavy atom. The molecular formula is C31H33N9O3. The number of nitrogens with zero attached hydrogens (tertiary/aromatic N) is 8. The number of rotatable bonds is 9. The van der Waals surface area contributed by atoms with Crippen molar-refractivity contribution in [3.8, 4) is 0 Å². The molecule has 1 N–H and O–H groups in total. The highest BCUT2D eigenvalue weighted by molar-refractivity contribution is 5.94. The zero-order valence-electron chi connectivity index (χ0n) is 23.6. The number of carbonyl (C=O) groups is 2. The van der Waals surface area contributed by atoms with Gasteiger partial charge in [0.15, 0.2) is 0 Å². The van der Waals surface area contributed by atoms with Gasteiger partial charge in [-0.2, -0.15) is 0 Å². The van der Waals surface area contributed by atoms with Crippen LogP contribution in [0.4, 0.5) is 10.5 Å². The Bertz CT molecular complexity index is 1480. The summed E-state index contributed by atoms with van der Waals surface area (Å²) in [7, 11) is 0. The Kier molecular flexibility index (Phi) is 9.76. The molecule has 3 aromatic rings. The summed E-state index contributed by atoms with van der Waals surface area (Å²) in [6, 6.07) is 25.4. The van der Waals surface area contributed by atoms with E-state index in [1.165, 1.54) is 0 Å². The molecule has 2 fully saturated rings. The molecule has 3 aromatic carbocycles. The third-order valence-corrected chi connectivity index (χ3v) is 8.03. The Hall–Kier alpha value is -5.02. The standard InChI is InChI=1S/C31H33N9O3/c32-37-35-25-16-14-24(15-17-25)30(41)34-28(22-8-3-1-4-9-22)29(23-10-5-2-6-11-23)39-18-20-40(21-19-39)31(42)43-27-13-7-12-26(27)36-38-33/h1-6,8-11,14-17,26-29H,7,12-13,18-21H2,(H,34,41)/t26?,27?,28-,29+/m1/s1. The number of ether oxygens (including phenoxy) is 1. The van der Waals surface area contributed by atoms with Crippen molar-refractivity contribution in [2.45, 2.75) is 43.5 Å². The summed E-state index contributed by atoms with van der Waals surface area (Å²) in [5.41, 5.74) is 20.4. The average Bonchev–Trinajstić information content (AvgIpc) is 3.48. The molecule has 2 amide bonds. The summed E-state index contributed by atoms with van der Waals surface area (Å²) in [6.45, 7) is 2.05. The summed E-state index contributed by atoms with van der Waals surface area (Å²) in [5, 5.41) is 10.7. The van der Waals surface area contributed by atoms with Gasteiger partial charge in [-0.25, -0.2) is 4.79 Å². The van der Waals surface area contributed by atoms with E-state index >= 15 is 0 Å². The van der Waals surface area contributed by atoms with Crippen LogP contribution in [0.25, 0.3) is 20.9 Å². The van der Waals surface area contributed by atoms with Gasteiger partial charge >= 0.3 is 6.09 Å². The maximum Gasteiger partial charge on any atom is 0.410 e. The first-order valence-corrected chi connectivity index (χ1v) is 14.4. The molecule has 0 aromatic heterocycles. The van der Waals surface area contributed by atoms with Crippen molar-refractivity contribution >= 4 is 17.7 Å². The molecule has 1 heterocycles. The molecular weight excluding hydrogens is 546 g/mol. The Morgan fingerprint density at radius 2 is 1.49 bits per heavy atom. The van der Waals surface area contributed by atoms with E-state index in [-0.39, 0.29) is 18.0 Å². The van der Waals surface area contributed by atoms with Crippen molar-refractivity contribution < 1.29 is 14.3 Å². The van der Waals surface area contributed by atoms with Gasteiger partial charge in [0.25, 0.3) is 5.91 Å².